The molecule has 0 fully saturated rings. The third-order valence-corrected chi connectivity index (χ3v) is 5.87. The minimum absolute atomic E-state index is 0.0316. The topological polar surface area (TPSA) is 205 Å². The van der Waals surface area contributed by atoms with Gasteiger partial charge in [0.2, 0.25) is 17.7 Å². The largest absolute Gasteiger partial charge is 0.480 e. The first-order valence-electron chi connectivity index (χ1n) is 11.3. The van der Waals surface area contributed by atoms with Gasteiger partial charge in [-0.25, -0.2) is 9.78 Å². The number of H-pyrrole nitrogens is 1. The second-order valence-corrected chi connectivity index (χ2v) is 8.55. The fraction of sp³-hybridized carbons (Fsp3) is 0.667. The number of nitrogens with zero attached hydrogens (tertiary/aromatic N) is 1. The highest BCUT2D eigenvalue weighted by Gasteiger charge is 2.31. The number of aliphatic carboxylic acids is 1. The number of imidazole rings is 1. The number of aromatic nitrogens is 2. The number of hydrogen-bond acceptors (Lipinski definition) is 8. The molecule has 5 atom stereocenters. The van der Waals surface area contributed by atoms with Crippen molar-refractivity contribution >= 4 is 36.3 Å². The molecule has 13 heteroatoms. The van der Waals surface area contributed by atoms with Crippen LogP contribution in [-0.2, 0) is 25.6 Å². The minimum Gasteiger partial charge on any atom is -0.480 e. The van der Waals surface area contributed by atoms with Crippen LogP contribution in [0.4, 0.5) is 0 Å². The van der Waals surface area contributed by atoms with Gasteiger partial charge in [-0.05, 0) is 31.7 Å². The highest BCUT2D eigenvalue weighted by atomic mass is 32.1. The second-order valence-electron chi connectivity index (χ2n) is 8.19. The number of nitrogens with two attached hydrogens (primary N) is 2. The molecular weight excluding hydrogens is 462 g/mol. The van der Waals surface area contributed by atoms with Gasteiger partial charge in [0.05, 0.1) is 12.4 Å². The standard InChI is InChI=1S/C21H37N7O5S/c1-3-12(2)17(21(32)33)28-19(30)15(6-4-5-7-22)26-20(31)16(10-34)27-18(29)14(23)8-13-9-24-11-25-13/h9,11-12,14-17,34H,3-8,10,22-23H2,1-2H3,(H,24,25)(H,26,31)(H,27,29)(H,28,30)(H,32,33). The molecule has 0 radical (unpaired) electrons. The molecule has 0 aliphatic carbocycles. The van der Waals surface area contributed by atoms with Gasteiger partial charge in [-0.2, -0.15) is 12.6 Å². The Bertz CT molecular complexity index is 792. The summed E-state index contributed by atoms with van der Waals surface area (Å²) in [5, 5.41) is 17.2. The highest BCUT2D eigenvalue weighted by molar-refractivity contribution is 7.80. The van der Waals surface area contributed by atoms with E-state index in [9.17, 15) is 24.3 Å². The molecule has 0 aliphatic heterocycles. The molecule has 9 N–H and O–H groups in total. The van der Waals surface area contributed by atoms with Gasteiger partial charge < -0.3 is 37.5 Å². The lowest BCUT2D eigenvalue weighted by Crippen LogP contribution is -2.58. The van der Waals surface area contributed by atoms with Crippen LogP contribution in [0.2, 0.25) is 0 Å². The van der Waals surface area contributed by atoms with Crippen LogP contribution in [0.25, 0.3) is 0 Å². The first-order valence-corrected chi connectivity index (χ1v) is 11.9. The summed E-state index contributed by atoms with van der Waals surface area (Å²) in [5.41, 5.74) is 12.1. The van der Waals surface area contributed by atoms with Gasteiger partial charge in [0.25, 0.3) is 0 Å². The maximum atomic E-state index is 12.9. The zero-order valence-corrected chi connectivity index (χ0v) is 20.5. The number of amides is 3. The predicted molar refractivity (Wildman–Crippen MR) is 130 cm³/mol. The lowest BCUT2D eigenvalue weighted by molar-refractivity contribution is -0.143. The molecule has 1 aromatic rings. The van der Waals surface area contributed by atoms with Crippen LogP contribution in [0.15, 0.2) is 12.5 Å². The second kappa shape index (κ2) is 15.3. The third-order valence-electron chi connectivity index (χ3n) is 5.50. The van der Waals surface area contributed by atoms with Crippen LogP contribution in [0.1, 0.15) is 45.2 Å². The smallest absolute Gasteiger partial charge is 0.326 e. The van der Waals surface area contributed by atoms with Gasteiger partial charge in [-0.3, -0.25) is 14.4 Å². The molecule has 192 valence electrons. The Morgan fingerprint density at radius 2 is 1.76 bits per heavy atom. The molecule has 0 spiro atoms. The quantitative estimate of drug-likeness (QED) is 0.103. The average molecular weight is 500 g/mol. The van der Waals surface area contributed by atoms with Crippen molar-refractivity contribution in [2.24, 2.45) is 17.4 Å². The van der Waals surface area contributed by atoms with Gasteiger partial charge >= 0.3 is 5.97 Å². The average Bonchev–Trinajstić information content (AvgIpc) is 3.32. The first-order chi connectivity index (χ1) is 16.1. The number of rotatable bonds is 16. The molecule has 1 heterocycles. The van der Waals surface area contributed by atoms with Crippen LogP contribution in [0.5, 0.6) is 0 Å². The van der Waals surface area contributed by atoms with Crippen molar-refractivity contribution in [1.82, 2.24) is 25.9 Å². The number of carboxylic acids is 1. The van der Waals surface area contributed by atoms with Crippen LogP contribution < -0.4 is 27.4 Å². The molecule has 0 saturated carbocycles. The Kier molecular flexibility index (Phi) is 13.2. The zero-order valence-electron chi connectivity index (χ0n) is 19.6. The van der Waals surface area contributed by atoms with Gasteiger partial charge in [0, 0.05) is 24.1 Å². The van der Waals surface area contributed by atoms with Gasteiger partial charge in [-0.1, -0.05) is 20.3 Å². The molecule has 1 aromatic heterocycles. The SMILES string of the molecule is CCC(C)C(NC(=O)C(CCCCN)NC(=O)C(CS)NC(=O)C(N)Cc1cnc[nH]1)C(=O)O. The number of thiol groups is 1. The fourth-order valence-corrected chi connectivity index (χ4v) is 3.43. The van der Waals surface area contributed by atoms with Gasteiger partial charge in [0.15, 0.2) is 0 Å². The van der Waals surface area contributed by atoms with Crippen molar-refractivity contribution in [2.75, 3.05) is 12.3 Å². The van der Waals surface area contributed by atoms with Crippen LogP contribution in [0.3, 0.4) is 0 Å². The molecule has 12 nitrogen and oxygen atoms in total. The van der Waals surface area contributed by atoms with Crippen LogP contribution in [-0.4, -0.2) is 75.2 Å². The lowest BCUT2D eigenvalue weighted by atomic mass is 9.98. The molecule has 3 amide bonds. The van der Waals surface area contributed by atoms with E-state index in [0.717, 1.165) is 0 Å². The number of unbranched alkanes of at least 4 members (excludes halogenated alkanes) is 1. The first kappa shape index (κ1) is 29.4. The van der Waals surface area contributed by atoms with Crippen molar-refractivity contribution in [3.63, 3.8) is 0 Å². The Labute approximate surface area is 204 Å². The lowest BCUT2D eigenvalue weighted by Gasteiger charge is -2.26. The van der Waals surface area contributed by atoms with E-state index in [0.29, 0.717) is 31.5 Å². The summed E-state index contributed by atoms with van der Waals surface area (Å²) in [5.74, 6) is -3.28. The van der Waals surface area contributed by atoms with Gasteiger partial charge in [0.1, 0.15) is 18.1 Å². The highest BCUT2D eigenvalue weighted by Crippen LogP contribution is 2.10. The van der Waals surface area contributed by atoms with Gasteiger partial charge in [-0.15, -0.1) is 0 Å². The maximum absolute atomic E-state index is 12.9. The Hall–Kier alpha value is -2.64. The Morgan fingerprint density at radius 1 is 1.12 bits per heavy atom. The van der Waals surface area contributed by atoms with E-state index in [1.807, 2.05) is 6.92 Å². The van der Waals surface area contributed by atoms with Crippen molar-refractivity contribution in [3.05, 3.63) is 18.2 Å². The van der Waals surface area contributed by atoms with E-state index < -0.39 is 47.9 Å². The Morgan fingerprint density at radius 3 is 2.29 bits per heavy atom. The summed E-state index contributed by atoms with van der Waals surface area (Å²) in [6, 6.07) is -4.06. The third kappa shape index (κ3) is 9.69. The number of hydrogen-bond donors (Lipinski definition) is 8. The zero-order chi connectivity index (χ0) is 25.7. The summed E-state index contributed by atoms with van der Waals surface area (Å²) >= 11 is 4.14. The van der Waals surface area contributed by atoms with E-state index in [1.54, 1.807) is 13.1 Å². The summed E-state index contributed by atoms with van der Waals surface area (Å²) in [4.78, 5) is 56.5. The van der Waals surface area contributed by atoms with E-state index in [2.05, 4.69) is 38.5 Å². The van der Waals surface area contributed by atoms with Crippen molar-refractivity contribution in [3.8, 4) is 0 Å². The summed E-state index contributed by atoms with van der Waals surface area (Å²) in [7, 11) is 0. The number of nitrogens with one attached hydrogen (secondary N) is 4. The molecule has 0 aromatic carbocycles. The summed E-state index contributed by atoms with van der Waals surface area (Å²) in [6.45, 7) is 3.96. The molecule has 0 saturated heterocycles. The molecular formula is C21H37N7O5S. The van der Waals surface area contributed by atoms with Crippen molar-refractivity contribution in [2.45, 2.75) is 70.1 Å². The number of carbonyl (C=O) groups is 4. The van der Waals surface area contributed by atoms with Crippen molar-refractivity contribution in [1.29, 1.82) is 0 Å². The Balaban J connectivity index is 2.84. The minimum atomic E-state index is -1.15. The monoisotopic (exact) mass is 499 g/mol. The summed E-state index contributed by atoms with van der Waals surface area (Å²) in [6.07, 6.45) is 5.19. The normalized spacial score (nSPS) is 15.4. The molecule has 0 aliphatic rings. The molecule has 0 bridgehead atoms. The van der Waals surface area contributed by atoms with Crippen LogP contribution in [0, 0.1) is 5.92 Å². The van der Waals surface area contributed by atoms with E-state index in [-0.39, 0.29) is 24.5 Å². The van der Waals surface area contributed by atoms with Crippen molar-refractivity contribution < 1.29 is 24.3 Å². The van der Waals surface area contributed by atoms with E-state index >= 15 is 0 Å². The molecule has 1 rings (SSSR count). The predicted octanol–water partition coefficient (Wildman–Crippen LogP) is -1.08. The maximum Gasteiger partial charge on any atom is 0.326 e. The molecule has 5 unspecified atom stereocenters. The fourth-order valence-electron chi connectivity index (χ4n) is 3.17. The number of carbonyl (C=O) groups excluding carboxylic acids is 3. The number of carboxylic acid groups (broad SMARTS) is 1. The number of aromatic amines is 1. The van der Waals surface area contributed by atoms with E-state index in [4.69, 9.17) is 11.5 Å². The molecule has 34 heavy (non-hydrogen) atoms. The van der Waals surface area contributed by atoms with Crippen LogP contribution >= 0.6 is 12.6 Å². The summed E-state index contributed by atoms with van der Waals surface area (Å²) < 4.78 is 0. The van der Waals surface area contributed by atoms with E-state index in [1.165, 1.54) is 6.33 Å².